The van der Waals surface area contributed by atoms with E-state index in [0.717, 1.165) is 32.1 Å². The van der Waals surface area contributed by atoms with Crippen LogP contribution >= 0.6 is 0 Å². The van der Waals surface area contributed by atoms with Crippen LogP contribution in [0.1, 0.15) is 52.4 Å². The number of rotatable bonds is 7. The van der Waals surface area contributed by atoms with Gasteiger partial charge in [-0.15, -0.1) is 0 Å². The Morgan fingerprint density at radius 3 is 2.26 bits per heavy atom. The fraction of sp³-hybridized carbons (Fsp3) is 0.800. The average molecular weight is 268 g/mol. The largest absolute Gasteiger partial charge is 0.468 e. The molecule has 0 aromatic heterocycles. The van der Waals surface area contributed by atoms with E-state index in [4.69, 9.17) is 4.74 Å². The normalized spacial score (nSPS) is 18.9. The smallest absolute Gasteiger partial charge is 0.316 e. The van der Waals surface area contributed by atoms with Gasteiger partial charge in [0.1, 0.15) is 11.7 Å². The standard InChI is InChI=1S/C15H24O4/c1-4-10(2)13(16)9-12(15(18)19-3)14(17)11-7-5-6-8-11/h10-12H,4-9H2,1-3H3. The summed E-state index contributed by atoms with van der Waals surface area (Å²) in [4.78, 5) is 36.1. The monoisotopic (exact) mass is 268 g/mol. The van der Waals surface area contributed by atoms with Crippen LogP contribution in [0.3, 0.4) is 0 Å². The first kappa shape index (κ1) is 15.9. The van der Waals surface area contributed by atoms with Crippen LogP contribution in [0.15, 0.2) is 0 Å². The molecule has 4 heteroatoms. The molecule has 1 saturated carbocycles. The van der Waals surface area contributed by atoms with Crippen LogP contribution in [-0.4, -0.2) is 24.6 Å². The van der Waals surface area contributed by atoms with Crippen molar-refractivity contribution in [2.75, 3.05) is 7.11 Å². The highest BCUT2D eigenvalue weighted by molar-refractivity contribution is 6.03. The van der Waals surface area contributed by atoms with Crippen molar-refractivity contribution in [3.8, 4) is 0 Å². The molecule has 19 heavy (non-hydrogen) atoms. The van der Waals surface area contributed by atoms with E-state index in [2.05, 4.69) is 0 Å². The second kappa shape index (κ2) is 7.41. The van der Waals surface area contributed by atoms with Crippen LogP contribution in [0, 0.1) is 17.8 Å². The Bertz CT molecular complexity index is 342. The second-order valence-electron chi connectivity index (χ2n) is 5.44. The van der Waals surface area contributed by atoms with Crippen molar-refractivity contribution in [2.45, 2.75) is 52.4 Å². The van der Waals surface area contributed by atoms with Crippen molar-refractivity contribution in [2.24, 2.45) is 17.8 Å². The summed E-state index contributed by atoms with van der Waals surface area (Å²) in [6.45, 7) is 3.76. The molecule has 1 fully saturated rings. The van der Waals surface area contributed by atoms with Gasteiger partial charge < -0.3 is 4.74 Å². The van der Waals surface area contributed by atoms with Gasteiger partial charge in [0.05, 0.1) is 7.11 Å². The highest BCUT2D eigenvalue weighted by Gasteiger charge is 2.36. The molecule has 0 aromatic rings. The third kappa shape index (κ3) is 4.15. The lowest BCUT2D eigenvalue weighted by atomic mass is 9.85. The molecule has 2 unspecified atom stereocenters. The number of methoxy groups -OCH3 is 1. The highest BCUT2D eigenvalue weighted by Crippen LogP contribution is 2.29. The number of ether oxygens (including phenoxy) is 1. The number of hydrogen-bond donors (Lipinski definition) is 0. The Balaban J connectivity index is 2.74. The zero-order valence-electron chi connectivity index (χ0n) is 12.1. The molecule has 108 valence electrons. The van der Waals surface area contributed by atoms with Gasteiger partial charge in [-0.05, 0) is 19.3 Å². The average Bonchev–Trinajstić information content (AvgIpc) is 2.95. The summed E-state index contributed by atoms with van der Waals surface area (Å²) in [6, 6.07) is 0. The predicted octanol–water partition coefficient (Wildman–Crippen LogP) is 2.54. The first-order valence-corrected chi connectivity index (χ1v) is 7.15. The number of Topliss-reactive ketones (excluding diaryl/α,β-unsaturated/α-hetero) is 2. The van der Waals surface area contributed by atoms with Gasteiger partial charge >= 0.3 is 5.97 Å². The summed E-state index contributed by atoms with van der Waals surface area (Å²) in [7, 11) is 1.27. The third-order valence-corrected chi connectivity index (χ3v) is 4.15. The highest BCUT2D eigenvalue weighted by atomic mass is 16.5. The van der Waals surface area contributed by atoms with Crippen LogP contribution in [0.5, 0.6) is 0 Å². The molecule has 0 bridgehead atoms. The zero-order valence-corrected chi connectivity index (χ0v) is 12.1. The number of ketones is 2. The summed E-state index contributed by atoms with van der Waals surface area (Å²) < 4.78 is 4.70. The van der Waals surface area contributed by atoms with E-state index in [1.807, 2.05) is 13.8 Å². The van der Waals surface area contributed by atoms with Crippen LogP contribution in [0.4, 0.5) is 0 Å². The molecular formula is C15H24O4. The third-order valence-electron chi connectivity index (χ3n) is 4.15. The van der Waals surface area contributed by atoms with Gasteiger partial charge in [0.15, 0.2) is 5.78 Å². The lowest BCUT2D eigenvalue weighted by Gasteiger charge is -2.18. The van der Waals surface area contributed by atoms with Gasteiger partial charge in [0, 0.05) is 18.3 Å². The zero-order chi connectivity index (χ0) is 14.4. The lowest BCUT2D eigenvalue weighted by molar-refractivity contribution is -0.152. The van der Waals surface area contributed by atoms with Crippen LogP contribution in [0.2, 0.25) is 0 Å². The molecule has 2 atom stereocenters. The van der Waals surface area contributed by atoms with Crippen LogP contribution in [0.25, 0.3) is 0 Å². The lowest BCUT2D eigenvalue weighted by Crippen LogP contribution is -2.33. The maximum Gasteiger partial charge on any atom is 0.316 e. The molecule has 0 aromatic carbocycles. The molecule has 0 spiro atoms. The SMILES string of the molecule is CCC(C)C(=O)CC(C(=O)OC)C(=O)C1CCCC1. The first-order chi connectivity index (χ1) is 9.01. The van der Waals surface area contributed by atoms with E-state index in [-0.39, 0.29) is 29.8 Å². The molecule has 0 radical (unpaired) electrons. The number of carbonyl (C=O) groups excluding carboxylic acids is 3. The van der Waals surface area contributed by atoms with Gasteiger partial charge in [-0.1, -0.05) is 26.7 Å². The Labute approximate surface area is 114 Å². The molecular weight excluding hydrogens is 244 g/mol. The molecule has 1 rings (SSSR count). The minimum Gasteiger partial charge on any atom is -0.468 e. The summed E-state index contributed by atoms with van der Waals surface area (Å²) >= 11 is 0. The minimum atomic E-state index is -0.894. The van der Waals surface area contributed by atoms with Gasteiger partial charge in [-0.2, -0.15) is 0 Å². The van der Waals surface area contributed by atoms with Crippen molar-refractivity contribution >= 4 is 17.5 Å². The number of esters is 1. The van der Waals surface area contributed by atoms with E-state index in [1.54, 1.807) is 0 Å². The van der Waals surface area contributed by atoms with Crippen molar-refractivity contribution < 1.29 is 19.1 Å². The fourth-order valence-electron chi connectivity index (χ4n) is 2.57. The molecule has 1 aliphatic rings. The van der Waals surface area contributed by atoms with E-state index in [0.29, 0.717) is 0 Å². The molecule has 0 heterocycles. The van der Waals surface area contributed by atoms with E-state index in [1.165, 1.54) is 7.11 Å². The van der Waals surface area contributed by atoms with Crippen molar-refractivity contribution in [3.63, 3.8) is 0 Å². The molecule has 0 N–H and O–H groups in total. The Kier molecular flexibility index (Phi) is 6.19. The van der Waals surface area contributed by atoms with E-state index in [9.17, 15) is 14.4 Å². The molecule has 4 nitrogen and oxygen atoms in total. The van der Waals surface area contributed by atoms with Gasteiger partial charge in [0.25, 0.3) is 0 Å². The molecule has 1 aliphatic carbocycles. The molecule has 0 saturated heterocycles. The Morgan fingerprint density at radius 1 is 1.21 bits per heavy atom. The van der Waals surface area contributed by atoms with Crippen molar-refractivity contribution in [1.82, 2.24) is 0 Å². The van der Waals surface area contributed by atoms with Crippen LogP contribution in [-0.2, 0) is 19.1 Å². The van der Waals surface area contributed by atoms with Gasteiger partial charge in [-0.3, -0.25) is 14.4 Å². The Morgan fingerprint density at radius 2 is 1.79 bits per heavy atom. The maximum atomic E-state index is 12.3. The predicted molar refractivity (Wildman–Crippen MR) is 71.6 cm³/mol. The summed E-state index contributed by atoms with van der Waals surface area (Å²) in [5.41, 5.74) is 0. The number of hydrogen-bond acceptors (Lipinski definition) is 4. The summed E-state index contributed by atoms with van der Waals surface area (Å²) in [6.07, 6.45) is 4.46. The van der Waals surface area contributed by atoms with Gasteiger partial charge in [-0.25, -0.2) is 0 Å². The van der Waals surface area contributed by atoms with Crippen molar-refractivity contribution in [1.29, 1.82) is 0 Å². The van der Waals surface area contributed by atoms with Gasteiger partial charge in [0.2, 0.25) is 0 Å². The topological polar surface area (TPSA) is 60.4 Å². The fourth-order valence-corrected chi connectivity index (χ4v) is 2.57. The molecule has 0 amide bonds. The van der Waals surface area contributed by atoms with E-state index < -0.39 is 11.9 Å². The Hall–Kier alpha value is -1.19. The summed E-state index contributed by atoms with van der Waals surface area (Å²) in [5.74, 6) is -1.74. The summed E-state index contributed by atoms with van der Waals surface area (Å²) in [5, 5.41) is 0. The second-order valence-corrected chi connectivity index (χ2v) is 5.44. The maximum absolute atomic E-state index is 12.3. The van der Waals surface area contributed by atoms with Crippen molar-refractivity contribution in [3.05, 3.63) is 0 Å². The minimum absolute atomic E-state index is 0.00296. The number of carbonyl (C=O) groups is 3. The first-order valence-electron chi connectivity index (χ1n) is 7.15. The molecule has 0 aliphatic heterocycles. The van der Waals surface area contributed by atoms with Crippen LogP contribution < -0.4 is 0 Å². The van der Waals surface area contributed by atoms with E-state index >= 15 is 0 Å². The quantitative estimate of drug-likeness (QED) is 0.526.